The number of aryl methyl sites for hydroxylation is 1. The SMILES string of the molecule is CCc1ccc(C(=O)OCc2nc3ccccc3c(=O)[nH]2)cc1. The van der Waals surface area contributed by atoms with Crippen molar-refractivity contribution in [3.8, 4) is 0 Å². The van der Waals surface area contributed by atoms with Crippen LogP contribution in [0.1, 0.15) is 28.7 Å². The second-order valence-corrected chi connectivity index (χ2v) is 5.16. The van der Waals surface area contributed by atoms with Gasteiger partial charge < -0.3 is 9.72 Å². The molecule has 1 heterocycles. The zero-order chi connectivity index (χ0) is 16.2. The highest BCUT2D eigenvalue weighted by atomic mass is 16.5. The molecule has 0 aliphatic heterocycles. The predicted octanol–water partition coefficient (Wildman–Crippen LogP) is 2.84. The lowest BCUT2D eigenvalue weighted by atomic mass is 10.1. The molecule has 0 saturated heterocycles. The van der Waals surface area contributed by atoms with E-state index < -0.39 is 5.97 Å². The second kappa shape index (κ2) is 6.44. The predicted molar refractivity (Wildman–Crippen MR) is 87.3 cm³/mol. The molecule has 1 aromatic heterocycles. The summed E-state index contributed by atoms with van der Waals surface area (Å²) >= 11 is 0. The molecule has 0 unspecified atom stereocenters. The van der Waals surface area contributed by atoms with Crippen LogP contribution < -0.4 is 5.56 Å². The molecule has 116 valence electrons. The number of nitrogens with one attached hydrogen (secondary N) is 1. The molecule has 0 amide bonds. The summed E-state index contributed by atoms with van der Waals surface area (Å²) in [4.78, 5) is 30.9. The zero-order valence-electron chi connectivity index (χ0n) is 12.7. The van der Waals surface area contributed by atoms with Gasteiger partial charge in [0.05, 0.1) is 16.5 Å². The summed E-state index contributed by atoms with van der Waals surface area (Å²) in [6.45, 7) is 1.98. The van der Waals surface area contributed by atoms with E-state index in [1.165, 1.54) is 0 Å². The molecule has 0 bridgehead atoms. The maximum absolute atomic E-state index is 12.0. The number of carbonyl (C=O) groups is 1. The van der Waals surface area contributed by atoms with Crippen molar-refractivity contribution in [2.24, 2.45) is 0 Å². The molecule has 23 heavy (non-hydrogen) atoms. The number of fused-ring (bicyclic) bond motifs is 1. The fourth-order valence-electron chi connectivity index (χ4n) is 2.30. The van der Waals surface area contributed by atoms with Crippen molar-refractivity contribution in [2.75, 3.05) is 0 Å². The number of carbonyl (C=O) groups excluding carboxylic acids is 1. The minimum Gasteiger partial charge on any atom is -0.454 e. The molecule has 0 spiro atoms. The normalized spacial score (nSPS) is 10.7. The van der Waals surface area contributed by atoms with Crippen LogP contribution in [0.2, 0.25) is 0 Å². The first kappa shape index (κ1) is 15.0. The standard InChI is InChI=1S/C18H16N2O3/c1-2-12-7-9-13(10-8-12)18(22)23-11-16-19-15-6-4-3-5-14(15)17(21)20-16/h3-10H,2,11H2,1H3,(H,19,20,21). The van der Waals surface area contributed by atoms with Crippen molar-refractivity contribution in [1.29, 1.82) is 0 Å². The Labute approximate surface area is 133 Å². The summed E-state index contributed by atoms with van der Waals surface area (Å²) in [5.41, 5.74) is 1.97. The van der Waals surface area contributed by atoms with Gasteiger partial charge in [0.25, 0.3) is 5.56 Å². The number of hydrogen-bond acceptors (Lipinski definition) is 4. The Balaban J connectivity index is 1.74. The third kappa shape index (κ3) is 3.29. The lowest BCUT2D eigenvalue weighted by molar-refractivity contribution is 0.0462. The van der Waals surface area contributed by atoms with E-state index in [9.17, 15) is 9.59 Å². The zero-order valence-corrected chi connectivity index (χ0v) is 12.7. The Morgan fingerprint density at radius 2 is 1.87 bits per heavy atom. The molecule has 5 nitrogen and oxygen atoms in total. The molecule has 0 atom stereocenters. The number of hydrogen-bond donors (Lipinski definition) is 1. The van der Waals surface area contributed by atoms with Crippen LogP contribution in [0.5, 0.6) is 0 Å². The number of nitrogens with zero attached hydrogens (tertiary/aromatic N) is 1. The highest BCUT2D eigenvalue weighted by molar-refractivity contribution is 5.89. The van der Waals surface area contributed by atoms with E-state index in [-0.39, 0.29) is 12.2 Å². The molecule has 3 aromatic rings. The van der Waals surface area contributed by atoms with Crippen LogP contribution in [0.3, 0.4) is 0 Å². The Kier molecular flexibility index (Phi) is 4.19. The van der Waals surface area contributed by atoms with Crippen LogP contribution in [0.15, 0.2) is 53.3 Å². The third-order valence-electron chi connectivity index (χ3n) is 3.60. The van der Waals surface area contributed by atoms with Crippen molar-refractivity contribution in [3.63, 3.8) is 0 Å². The minimum absolute atomic E-state index is 0.0750. The molecule has 0 radical (unpaired) electrons. The van der Waals surface area contributed by atoms with E-state index in [2.05, 4.69) is 16.9 Å². The van der Waals surface area contributed by atoms with Gasteiger partial charge in [-0.1, -0.05) is 31.2 Å². The van der Waals surface area contributed by atoms with Gasteiger partial charge in [-0.25, -0.2) is 9.78 Å². The van der Waals surface area contributed by atoms with Crippen molar-refractivity contribution in [3.05, 3.63) is 75.8 Å². The maximum Gasteiger partial charge on any atom is 0.338 e. The first-order valence-corrected chi connectivity index (χ1v) is 7.41. The fraction of sp³-hybridized carbons (Fsp3) is 0.167. The van der Waals surface area contributed by atoms with Gasteiger partial charge in [-0.05, 0) is 36.2 Å². The molecular formula is C18H16N2O3. The van der Waals surface area contributed by atoms with Gasteiger partial charge in [-0.15, -0.1) is 0 Å². The van der Waals surface area contributed by atoms with Crippen LogP contribution >= 0.6 is 0 Å². The van der Waals surface area contributed by atoms with Gasteiger partial charge in [-0.3, -0.25) is 4.79 Å². The molecule has 1 N–H and O–H groups in total. The average Bonchev–Trinajstić information content (AvgIpc) is 2.60. The van der Waals surface area contributed by atoms with E-state index in [1.54, 1.807) is 36.4 Å². The quantitative estimate of drug-likeness (QED) is 0.752. The van der Waals surface area contributed by atoms with E-state index in [4.69, 9.17) is 4.74 Å². The van der Waals surface area contributed by atoms with Crippen LogP contribution in [-0.4, -0.2) is 15.9 Å². The van der Waals surface area contributed by atoms with Crippen LogP contribution in [0, 0.1) is 0 Å². The van der Waals surface area contributed by atoms with Gasteiger partial charge in [0, 0.05) is 0 Å². The number of benzene rings is 2. The van der Waals surface area contributed by atoms with Gasteiger partial charge in [0.1, 0.15) is 12.4 Å². The summed E-state index contributed by atoms with van der Waals surface area (Å²) in [7, 11) is 0. The molecule has 3 rings (SSSR count). The van der Waals surface area contributed by atoms with Crippen LogP contribution in [-0.2, 0) is 17.8 Å². The Bertz CT molecular complexity index is 898. The number of rotatable bonds is 4. The fourth-order valence-corrected chi connectivity index (χ4v) is 2.30. The van der Waals surface area contributed by atoms with Gasteiger partial charge in [0.2, 0.25) is 0 Å². The lowest BCUT2D eigenvalue weighted by Crippen LogP contribution is -2.14. The van der Waals surface area contributed by atoms with E-state index in [0.29, 0.717) is 22.3 Å². The van der Waals surface area contributed by atoms with Crippen molar-refractivity contribution >= 4 is 16.9 Å². The Morgan fingerprint density at radius 1 is 1.13 bits per heavy atom. The highest BCUT2D eigenvalue weighted by Gasteiger charge is 2.09. The first-order chi connectivity index (χ1) is 11.2. The summed E-state index contributed by atoms with van der Waals surface area (Å²) < 4.78 is 5.22. The molecule has 0 aliphatic rings. The van der Waals surface area contributed by atoms with E-state index >= 15 is 0 Å². The minimum atomic E-state index is -0.441. The summed E-state index contributed by atoms with van der Waals surface area (Å²) in [6.07, 6.45) is 0.914. The molecule has 0 saturated carbocycles. The first-order valence-electron chi connectivity index (χ1n) is 7.41. The number of aromatic amines is 1. The van der Waals surface area contributed by atoms with Crippen LogP contribution in [0.4, 0.5) is 0 Å². The number of esters is 1. The van der Waals surface area contributed by atoms with Gasteiger partial charge in [0.15, 0.2) is 0 Å². The van der Waals surface area contributed by atoms with Gasteiger partial charge in [-0.2, -0.15) is 0 Å². The van der Waals surface area contributed by atoms with E-state index in [1.807, 2.05) is 12.1 Å². The highest BCUT2D eigenvalue weighted by Crippen LogP contribution is 2.09. The average molecular weight is 308 g/mol. The Morgan fingerprint density at radius 3 is 2.61 bits per heavy atom. The largest absolute Gasteiger partial charge is 0.454 e. The topological polar surface area (TPSA) is 72.0 Å². The van der Waals surface area contributed by atoms with Gasteiger partial charge >= 0.3 is 5.97 Å². The summed E-state index contributed by atoms with van der Waals surface area (Å²) in [5, 5.41) is 0.512. The molecule has 5 heteroatoms. The Hall–Kier alpha value is -2.95. The van der Waals surface area contributed by atoms with Crippen molar-refractivity contribution < 1.29 is 9.53 Å². The maximum atomic E-state index is 12.0. The van der Waals surface area contributed by atoms with Crippen LogP contribution in [0.25, 0.3) is 10.9 Å². The smallest absolute Gasteiger partial charge is 0.338 e. The molecule has 0 fully saturated rings. The summed E-state index contributed by atoms with van der Waals surface area (Å²) in [5.74, 6) is -0.115. The van der Waals surface area contributed by atoms with Crippen molar-refractivity contribution in [2.45, 2.75) is 20.0 Å². The number of para-hydroxylation sites is 1. The number of ether oxygens (including phenoxy) is 1. The number of H-pyrrole nitrogens is 1. The number of aromatic nitrogens is 2. The summed E-state index contributed by atoms with van der Waals surface area (Å²) in [6, 6.07) is 14.3. The van der Waals surface area contributed by atoms with E-state index in [0.717, 1.165) is 12.0 Å². The van der Waals surface area contributed by atoms with Crippen molar-refractivity contribution in [1.82, 2.24) is 9.97 Å². The third-order valence-corrected chi connectivity index (χ3v) is 3.60. The monoisotopic (exact) mass is 308 g/mol. The molecule has 0 aliphatic carbocycles. The second-order valence-electron chi connectivity index (χ2n) is 5.16. The lowest BCUT2D eigenvalue weighted by Gasteiger charge is -2.06. The molecule has 2 aromatic carbocycles. The molecular weight excluding hydrogens is 292 g/mol.